The predicted molar refractivity (Wildman–Crippen MR) is 84.4 cm³/mol. The second kappa shape index (κ2) is 7.43. The lowest BCUT2D eigenvalue weighted by molar-refractivity contribution is 0.296. The average Bonchev–Trinajstić information content (AvgIpc) is 2.43. The van der Waals surface area contributed by atoms with Crippen LogP contribution in [0, 0.1) is 12.7 Å². The van der Waals surface area contributed by atoms with Gasteiger partial charge in [0.1, 0.15) is 11.6 Å². The highest BCUT2D eigenvalue weighted by molar-refractivity contribution is 6.30. The summed E-state index contributed by atoms with van der Waals surface area (Å²) < 4.78 is 19.3. The van der Waals surface area contributed by atoms with Crippen molar-refractivity contribution in [1.29, 1.82) is 0 Å². The van der Waals surface area contributed by atoms with Crippen LogP contribution in [0.4, 0.5) is 4.39 Å². The number of nitrogens with two attached hydrogens (primary N) is 1. The molecule has 2 rings (SSSR count). The molecule has 1 unspecified atom stereocenters. The summed E-state index contributed by atoms with van der Waals surface area (Å²) in [5, 5.41) is 0.523. The molecule has 4 heteroatoms. The van der Waals surface area contributed by atoms with Crippen LogP contribution in [0.5, 0.6) is 5.75 Å². The van der Waals surface area contributed by atoms with E-state index in [0.29, 0.717) is 30.0 Å². The summed E-state index contributed by atoms with van der Waals surface area (Å²) in [6.07, 6.45) is 1.10. The maximum absolute atomic E-state index is 13.6. The molecule has 0 saturated carbocycles. The topological polar surface area (TPSA) is 35.2 Å². The van der Waals surface area contributed by atoms with Crippen LogP contribution < -0.4 is 10.5 Å². The van der Waals surface area contributed by atoms with Gasteiger partial charge in [-0.15, -0.1) is 0 Å². The van der Waals surface area contributed by atoms with Crippen LogP contribution in [-0.4, -0.2) is 12.6 Å². The number of halogens is 2. The van der Waals surface area contributed by atoms with E-state index in [9.17, 15) is 4.39 Å². The fraction of sp³-hybridized carbons (Fsp3) is 0.294. The van der Waals surface area contributed by atoms with Crippen molar-refractivity contribution in [1.82, 2.24) is 0 Å². The van der Waals surface area contributed by atoms with Crippen LogP contribution in [-0.2, 0) is 6.42 Å². The van der Waals surface area contributed by atoms with Gasteiger partial charge in [-0.1, -0.05) is 23.7 Å². The minimum absolute atomic E-state index is 0.164. The van der Waals surface area contributed by atoms with Crippen LogP contribution in [0.25, 0.3) is 0 Å². The largest absolute Gasteiger partial charge is 0.494 e. The van der Waals surface area contributed by atoms with E-state index >= 15 is 0 Å². The molecule has 0 fully saturated rings. The van der Waals surface area contributed by atoms with Gasteiger partial charge in [-0.05, 0) is 61.2 Å². The molecular formula is C17H19ClFNO. The molecule has 0 aliphatic heterocycles. The second-order valence-corrected chi connectivity index (χ2v) is 5.59. The van der Waals surface area contributed by atoms with Gasteiger partial charge in [-0.2, -0.15) is 0 Å². The monoisotopic (exact) mass is 307 g/mol. The van der Waals surface area contributed by atoms with Crippen molar-refractivity contribution in [3.8, 4) is 5.75 Å². The number of rotatable bonds is 6. The Kier molecular flexibility index (Phi) is 5.59. The number of ether oxygens (including phenoxy) is 1. The molecule has 2 aromatic carbocycles. The molecule has 0 aliphatic rings. The molecule has 21 heavy (non-hydrogen) atoms. The fourth-order valence-corrected chi connectivity index (χ4v) is 2.31. The molecule has 0 bridgehead atoms. The van der Waals surface area contributed by atoms with Crippen LogP contribution >= 0.6 is 11.6 Å². The van der Waals surface area contributed by atoms with Gasteiger partial charge in [-0.25, -0.2) is 4.39 Å². The number of benzene rings is 2. The van der Waals surface area contributed by atoms with E-state index < -0.39 is 0 Å². The Morgan fingerprint density at radius 1 is 1.24 bits per heavy atom. The molecule has 1 atom stereocenters. The smallest absolute Gasteiger partial charge is 0.126 e. The van der Waals surface area contributed by atoms with Gasteiger partial charge < -0.3 is 10.5 Å². The van der Waals surface area contributed by atoms with Crippen molar-refractivity contribution >= 4 is 11.6 Å². The van der Waals surface area contributed by atoms with Gasteiger partial charge in [0.05, 0.1) is 6.61 Å². The van der Waals surface area contributed by atoms with Crippen LogP contribution in [0.2, 0.25) is 5.02 Å². The summed E-state index contributed by atoms with van der Waals surface area (Å²) in [5.41, 5.74) is 7.73. The van der Waals surface area contributed by atoms with E-state index in [-0.39, 0.29) is 11.9 Å². The van der Waals surface area contributed by atoms with E-state index in [1.807, 2.05) is 31.2 Å². The Morgan fingerprint density at radius 2 is 2.05 bits per heavy atom. The fourth-order valence-electron chi connectivity index (χ4n) is 2.12. The summed E-state index contributed by atoms with van der Waals surface area (Å²) in [5.74, 6) is 0.561. The molecule has 0 spiro atoms. The van der Waals surface area contributed by atoms with Gasteiger partial charge in [0, 0.05) is 11.1 Å². The quantitative estimate of drug-likeness (QED) is 0.871. The first-order valence-electron chi connectivity index (χ1n) is 6.93. The standard InChI is InChI=1S/C17H19ClFNO/c1-12-3-2-4-16(9-12)21-8-7-15(20)11-13-10-14(18)5-6-17(13)19/h2-6,9-10,15H,7-8,11,20H2,1H3. The minimum Gasteiger partial charge on any atom is -0.494 e. The lowest BCUT2D eigenvalue weighted by Gasteiger charge is -2.13. The first kappa shape index (κ1) is 15.8. The van der Waals surface area contributed by atoms with Gasteiger partial charge in [0.2, 0.25) is 0 Å². The molecule has 2 N–H and O–H groups in total. The van der Waals surface area contributed by atoms with Crippen molar-refractivity contribution in [2.75, 3.05) is 6.61 Å². The van der Waals surface area contributed by atoms with Crippen molar-refractivity contribution < 1.29 is 9.13 Å². The Balaban J connectivity index is 1.82. The third-order valence-electron chi connectivity index (χ3n) is 3.24. The summed E-state index contributed by atoms with van der Waals surface area (Å²) >= 11 is 5.87. The molecular weight excluding hydrogens is 289 g/mol. The van der Waals surface area contributed by atoms with E-state index in [0.717, 1.165) is 11.3 Å². The summed E-state index contributed by atoms with van der Waals surface area (Å²) in [6.45, 7) is 2.52. The van der Waals surface area contributed by atoms with Crippen molar-refractivity contribution in [2.24, 2.45) is 5.73 Å². The first-order valence-corrected chi connectivity index (χ1v) is 7.31. The van der Waals surface area contributed by atoms with Crippen molar-refractivity contribution in [3.63, 3.8) is 0 Å². The second-order valence-electron chi connectivity index (χ2n) is 5.15. The Morgan fingerprint density at radius 3 is 2.81 bits per heavy atom. The van der Waals surface area contributed by atoms with Gasteiger partial charge in [0.15, 0.2) is 0 Å². The third kappa shape index (κ3) is 5.03. The molecule has 0 aromatic heterocycles. The van der Waals surface area contributed by atoms with Crippen LogP contribution in [0.1, 0.15) is 17.5 Å². The molecule has 0 heterocycles. The molecule has 0 amide bonds. The molecule has 0 aliphatic carbocycles. The summed E-state index contributed by atoms with van der Waals surface area (Å²) in [4.78, 5) is 0. The molecule has 0 radical (unpaired) electrons. The number of hydrogen-bond donors (Lipinski definition) is 1. The molecule has 2 aromatic rings. The predicted octanol–water partition coefficient (Wildman–Crippen LogP) is 4.13. The highest BCUT2D eigenvalue weighted by Gasteiger charge is 2.09. The van der Waals surface area contributed by atoms with E-state index in [1.54, 1.807) is 6.07 Å². The summed E-state index contributed by atoms with van der Waals surface area (Å²) in [7, 11) is 0. The van der Waals surface area contributed by atoms with Gasteiger partial charge in [0.25, 0.3) is 0 Å². The Hall–Kier alpha value is -1.58. The van der Waals surface area contributed by atoms with Gasteiger partial charge in [-0.3, -0.25) is 0 Å². The first-order chi connectivity index (χ1) is 10.0. The number of aryl methyl sites for hydroxylation is 1. The minimum atomic E-state index is -0.269. The molecule has 112 valence electrons. The third-order valence-corrected chi connectivity index (χ3v) is 3.47. The highest BCUT2D eigenvalue weighted by atomic mass is 35.5. The van der Waals surface area contributed by atoms with E-state index in [4.69, 9.17) is 22.1 Å². The zero-order valence-corrected chi connectivity index (χ0v) is 12.7. The lowest BCUT2D eigenvalue weighted by atomic mass is 10.0. The van der Waals surface area contributed by atoms with Crippen LogP contribution in [0.15, 0.2) is 42.5 Å². The molecule has 0 saturated heterocycles. The normalized spacial score (nSPS) is 12.2. The zero-order chi connectivity index (χ0) is 15.2. The summed E-state index contributed by atoms with van der Waals surface area (Å²) in [6, 6.07) is 12.2. The van der Waals surface area contributed by atoms with E-state index in [1.165, 1.54) is 12.1 Å². The molecule has 2 nitrogen and oxygen atoms in total. The maximum atomic E-state index is 13.6. The average molecular weight is 308 g/mol. The van der Waals surface area contributed by atoms with Crippen LogP contribution in [0.3, 0.4) is 0 Å². The van der Waals surface area contributed by atoms with Crippen molar-refractivity contribution in [2.45, 2.75) is 25.8 Å². The highest BCUT2D eigenvalue weighted by Crippen LogP contribution is 2.17. The van der Waals surface area contributed by atoms with E-state index in [2.05, 4.69) is 0 Å². The zero-order valence-electron chi connectivity index (χ0n) is 12.0. The van der Waals surface area contributed by atoms with Gasteiger partial charge >= 0.3 is 0 Å². The van der Waals surface area contributed by atoms with Crippen molar-refractivity contribution in [3.05, 3.63) is 64.4 Å². The number of hydrogen-bond acceptors (Lipinski definition) is 2. The lowest BCUT2D eigenvalue weighted by Crippen LogP contribution is -2.25. The Labute approximate surface area is 129 Å². The SMILES string of the molecule is Cc1cccc(OCCC(N)Cc2cc(Cl)ccc2F)c1. The maximum Gasteiger partial charge on any atom is 0.126 e. The Bertz CT molecular complexity index is 603.